The molecule has 0 bridgehead atoms. The van der Waals surface area contributed by atoms with E-state index >= 15 is 0 Å². The maximum absolute atomic E-state index is 3.63. The van der Waals surface area contributed by atoms with Crippen LogP contribution in [0.2, 0.25) is 0 Å². The summed E-state index contributed by atoms with van der Waals surface area (Å²) in [4.78, 5) is 5.02. The highest BCUT2D eigenvalue weighted by atomic mass is 31.1. The fourth-order valence-corrected chi connectivity index (χ4v) is 5.45. The third kappa shape index (κ3) is 4.17. The van der Waals surface area contributed by atoms with Crippen LogP contribution < -0.4 is 15.1 Å². The van der Waals surface area contributed by atoms with Gasteiger partial charge in [0, 0.05) is 35.9 Å². The van der Waals surface area contributed by atoms with Gasteiger partial charge >= 0.3 is 0 Å². The van der Waals surface area contributed by atoms with Gasteiger partial charge < -0.3 is 15.1 Å². The van der Waals surface area contributed by atoms with Crippen molar-refractivity contribution in [2.45, 2.75) is 0 Å². The summed E-state index contributed by atoms with van der Waals surface area (Å²) in [6.07, 6.45) is 3.29. The maximum atomic E-state index is 3.63. The Labute approximate surface area is 157 Å². The molecule has 132 valence electrons. The van der Waals surface area contributed by atoms with Gasteiger partial charge in [0.15, 0.2) is 0 Å². The van der Waals surface area contributed by atoms with E-state index in [1.165, 1.54) is 17.1 Å². The highest BCUT2D eigenvalue weighted by Gasteiger charge is 2.25. The Bertz CT molecular complexity index is 748. The molecule has 0 saturated carbocycles. The van der Waals surface area contributed by atoms with Gasteiger partial charge in [0.25, 0.3) is 0 Å². The van der Waals surface area contributed by atoms with Crippen molar-refractivity contribution >= 4 is 25.0 Å². The van der Waals surface area contributed by atoms with Crippen molar-refractivity contribution in [2.24, 2.45) is 0 Å². The summed E-state index contributed by atoms with van der Waals surface area (Å²) in [7, 11) is -0.181. The maximum Gasteiger partial charge on any atom is 0.0910 e. The fraction of sp³-hybridized carbons (Fsp3) is 0.182. The van der Waals surface area contributed by atoms with Crippen LogP contribution in [-0.4, -0.2) is 25.5 Å². The number of rotatable bonds is 5. The van der Waals surface area contributed by atoms with Crippen molar-refractivity contribution < 1.29 is 0 Å². The molecule has 0 spiro atoms. The highest BCUT2D eigenvalue weighted by Crippen LogP contribution is 2.42. The van der Waals surface area contributed by atoms with Crippen molar-refractivity contribution in [3.8, 4) is 0 Å². The van der Waals surface area contributed by atoms with Crippen LogP contribution in [0.3, 0.4) is 0 Å². The summed E-state index contributed by atoms with van der Waals surface area (Å²) >= 11 is 0. The molecule has 1 heterocycles. The Kier molecular flexibility index (Phi) is 5.37. The summed E-state index contributed by atoms with van der Waals surface area (Å²) in [5.41, 5.74) is 3.82. The number of benzene rings is 3. The largest absolute Gasteiger partial charge is 0.381 e. The summed E-state index contributed by atoms with van der Waals surface area (Å²) in [6.45, 7) is 0.943. The van der Waals surface area contributed by atoms with Crippen LogP contribution in [0.1, 0.15) is 0 Å². The first-order chi connectivity index (χ1) is 12.9. The summed E-state index contributed by atoms with van der Waals surface area (Å²) in [5.74, 6) is 0. The van der Waals surface area contributed by atoms with E-state index in [1.807, 2.05) is 0 Å². The van der Waals surface area contributed by atoms with Crippen molar-refractivity contribution in [2.75, 3.05) is 40.6 Å². The quantitative estimate of drug-likeness (QED) is 0.611. The average Bonchev–Trinajstić information content (AvgIpc) is 2.74. The first kappa shape index (κ1) is 16.9. The Morgan fingerprint density at radius 3 is 1.62 bits per heavy atom. The number of nitrogens with zero attached hydrogens (tertiary/aromatic N) is 2. The SMILES string of the molecule is c1ccc(NCP2CN(c3ccccc3)CN(c3ccccc3)C2)cc1. The molecule has 0 amide bonds. The summed E-state index contributed by atoms with van der Waals surface area (Å²) in [6, 6.07) is 32.1. The van der Waals surface area contributed by atoms with E-state index in [2.05, 4.69) is 106 Å². The van der Waals surface area contributed by atoms with Gasteiger partial charge in [-0.3, -0.25) is 0 Å². The first-order valence-electron chi connectivity index (χ1n) is 9.00. The van der Waals surface area contributed by atoms with E-state index in [4.69, 9.17) is 0 Å². The molecule has 3 aromatic carbocycles. The standard InChI is InChI=1S/C22H24N3P/c1-4-10-20(11-5-1)23-16-26-18-24(21-12-6-2-7-13-21)17-25(19-26)22-14-8-3-9-15-22/h1-15,23H,16-19H2. The second-order valence-corrected chi connectivity index (χ2v) is 8.77. The van der Waals surface area contributed by atoms with Crippen LogP contribution in [0.4, 0.5) is 17.1 Å². The Morgan fingerprint density at radius 1 is 0.654 bits per heavy atom. The average molecular weight is 361 g/mol. The van der Waals surface area contributed by atoms with Gasteiger partial charge in [-0.25, -0.2) is 0 Å². The normalized spacial score (nSPS) is 15.1. The van der Waals surface area contributed by atoms with Gasteiger partial charge in [0.05, 0.1) is 6.67 Å². The van der Waals surface area contributed by atoms with E-state index in [0.717, 1.165) is 25.5 Å². The van der Waals surface area contributed by atoms with Crippen LogP contribution in [0, 0.1) is 0 Å². The Balaban J connectivity index is 1.51. The van der Waals surface area contributed by atoms with Gasteiger partial charge in [-0.1, -0.05) is 54.6 Å². The lowest BCUT2D eigenvalue weighted by Gasteiger charge is -2.43. The molecule has 1 N–H and O–H groups in total. The molecule has 0 atom stereocenters. The zero-order valence-electron chi connectivity index (χ0n) is 14.8. The van der Waals surface area contributed by atoms with E-state index in [-0.39, 0.29) is 7.92 Å². The van der Waals surface area contributed by atoms with Crippen molar-refractivity contribution in [3.05, 3.63) is 91.0 Å². The predicted octanol–water partition coefficient (Wildman–Crippen LogP) is 5.44. The van der Waals surface area contributed by atoms with Gasteiger partial charge in [-0.15, -0.1) is 0 Å². The zero-order valence-corrected chi connectivity index (χ0v) is 15.7. The lowest BCUT2D eigenvalue weighted by molar-refractivity contribution is 0.796. The molecule has 26 heavy (non-hydrogen) atoms. The van der Waals surface area contributed by atoms with Crippen molar-refractivity contribution in [1.82, 2.24) is 0 Å². The molecule has 1 aliphatic rings. The van der Waals surface area contributed by atoms with Gasteiger partial charge in [-0.05, 0) is 44.3 Å². The fourth-order valence-electron chi connectivity index (χ4n) is 3.29. The number of hydrogen-bond donors (Lipinski definition) is 1. The van der Waals surface area contributed by atoms with Gasteiger partial charge in [-0.2, -0.15) is 0 Å². The molecule has 3 aromatic rings. The van der Waals surface area contributed by atoms with E-state index in [0.29, 0.717) is 0 Å². The molecule has 0 aliphatic carbocycles. The molecular formula is C22H24N3P. The molecule has 3 nitrogen and oxygen atoms in total. The lowest BCUT2D eigenvalue weighted by Crippen LogP contribution is -2.44. The number of para-hydroxylation sites is 3. The third-order valence-corrected chi connectivity index (χ3v) is 6.69. The number of nitrogens with one attached hydrogen (secondary N) is 1. The molecule has 1 fully saturated rings. The van der Waals surface area contributed by atoms with Crippen LogP contribution in [-0.2, 0) is 0 Å². The minimum Gasteiger partial charge on any atom is -0.381 e. The monoisotopic (exact) mass is 361 g/mol. The molecule has 4 rings (SSSR count). The van der Waals surface area contributed by atoms with Crippen LogP contribution >= 0.6 is 7.92 Å². The molecule has 1 saturated heterocycles. The van der Waals surface area contributed by atoms with Gasteiger partial charge in [0.2, 0.25) is 0 Å². The van der Waals surface area contributed by atoms with Gasteiger partial charge in [0.1, 0.15) is 0 Å². The first-order valence-corrected chi connectivity index (χ1v) is 10.9. The predicted molar refractivity (Wildman–Crippen MR) is 114 cm³/mol. The number of anilines is 3. The van der Waals surface area contributed by atoms with Crippen molar-refractivity contribution in [3.63, 3.8) is 0 Å². The lowest BCUT2D eigenvalue weighted by atomic mass is 10.3. The summed E-state index contributed by atoms with van der Waals surface area (Å²) < 4.78 is 0. The topological polar surface area (TPSA) is 18.5 Å². The van der Waals surface area contributed by atoms with Crippen LogP contribution in [0.15, 0.2) is 91.0 Å². The van der Waals surface area contributed by atoms with E-state index < -0.39 is 0 Å². The minimum absolute atomic E-state index is 0.181. The van der Waals surface area contributed by atoms with Crippen LogP contribution in [0.5, 0.6) is 0 Å². The molecule has 0 radical (unpaired) electrons. The second kappa shape index (κ2) is 8.25. The second-order valence-electron chi connectivity index (χ2n) is 6.55. The molecule has 0 aromatic heterocycles. The molecule has 0 unspecified atom stereocenters. The molecule has 1 aliphatic heterocycles. The summed E-state index contributed by atoms with van der Waals surface area (Å²) in [5, 5.41) is 3.63. The van der Waals surface area contributed by atoms with E-state index in [9.17, 15) is 0 Å². The zero-order chi connectivity index (χ0) is 17.6. The minimum atomic E-state index is -0.181. The molecular weight excluding hydrogens is 337 g/mol. The smallest absolute Gasteiger partial charge is 0.0910 e. The van der Waals surface area contributed by atoms with Crippen molar-refractivity contribution in [1.29, 1.82) is 0 Å². The Hall–Kier alpha value is -2.51. The highest BCUT2D eigenvalue weighted by molar-refractivity contribution is 7.58. The third-order valence-electron chi connectivity index (χ3n) is 4.61. The Morgan fingerprint density at radius 2 is 1.12 bits per heavy atom. The van der Waals surface area contributed by atoms with Crippen LogP contribution in [0.25, 0.3) is 0 Å². The number of hydrogen-bond acceptors (Lipinski definition) is 3. The van der Waals surface area contributed by atoms with E-state index in [1.54, 1.807) is 0 Å². The molecule has 4 heteroatoms.